The van der Waals surface area contributed by atoms with E-state index in [9.17, 15) is 4.79 Å². The Morgan fingerprint density at radius 1 is 1.23 bits per heavy atom. The molecule has 0 saturated carbocycles. The summed E-state index contributed by atoms with van der Waals surface area (Å²) in [6, 6.07) is 10.9. The number of benzene rings is 1. The number of hydrogen-bond donors (Lipinski definition) is 1. The molecule has 1 N–H and O–H groups in total. The van der Waals surface area contributed by atoms with E-state index in [1.54, 1.807) is 24.5 Å². The fraction of sp³-hybridized carbons (Fsp3) is 0.222. The maximum atomic E-state index is 12.5. The highest BCUT2D eigenvalue weighted by Crippen LogP contribution is 2.28. The highest BCUT2D eigenvalue weighted by atomic mass is 35.5. The van der Waals surface area contributed by atoms with Gasteiger partial charge >= 0.3 is 0 Å². The zero-order valence-electron chi connectivity index (χ0n) is 14.4. The summed E-state index contributed by atoms with van der Waals surface area (Å²) in [4.78, 5) is 16.5. The number of nitrogens with zero attached hydrogens (tertiary/aromatic N) is 4. The van der Waals surface area contributed by atoms with Crippen molar-refractivity contribution >= 4 is 35.0 Å². The first-order valence-corrected chi connectivity index (χ1v) is 9.41. The first kappa shape index (κ1) is 18.4. The summed E-state index contributed by atoms with van der Waals surface area (Å²) in [7, 11) is 0. The molecule has 2 aromatic heterocycles. The van der Waals surface area contributed by atoms with Crippen molar-refractivity contribution in [3.05, 3.63) is 53.8 Å². The van der Waals surface area contributed by atoms with Gasteiger partial charge in [-0.25, -0.2) is 0 Å². The monoisotopic (exact) mass is 387 g/mol. The third kappa shape index (κ3) is 4.05. The molecule has 0 fully saturated rings. The molecule has 0 aliphatic rings. The van der Waals surface area contributed by atoms with Crippen LogP contribution in [-0.4, -0.2) is 30.9 Å². The van der Waals surface area contributed by atoms with Crippen LogP contribution in [0.25, 0.3) is 11.4 Å². The van der Waals surface area contributed by atoms with Crippen molar-refractivity contribution in [1.29, 1.82) is 0 Å². The molecule has 134 valence electrons. The molecule has 1 atom stereocenters. The standard InChI is InChI=1S/C18H18ClN5OS/c1-3-24-16(13-8-10-20-11-9-13)22-23-18(24)26-12(2)17(25)21-15-7-5-4-6-14(15)19/h4-12H,3H2,1-2H3,(H,21,25). The highest BCUT2D eigenvalue weighted by molar-refractivity contribution is 8.00. The fourth-order valence-electron chi connectivity index (χ4n) is 2.38. The smallest absolute Gasteiger partial charge is 0.237 e. The molecule has 2 heterocycles. The molecule has 0 spiro atoms. The van der Waals surface area contributed by atoms with Gasteiger partial charge < -0.3 is 9.88 Å². The Kier molecular flexibility index (Phi) is 5.90. The minimum absolute atomic E-state index is 0.140. The molecule has 3 rings (SSSR count). The number of rotatable bonds is 6. The van der Waals surface area contributed by atoms with E-state index in [-0.39, 0.29) is 11.2 Å². The van der Waals surface area contributed by atoms with E-state index < -0.39 is 0 Å². The molecule has 0 aliphatic carbocycles. The number of nitrogens with one attached hydrogen (secondary N) is 1. The SMILES string of the molecule is CCn1c(SC(C)C(=O)Nc2ccccc2Cl)nnc1-c1ccncc1. The van der Waals surface area contributed by atoms with Crippen LogP contribution in [-0.2, 0) is 11.3 Å². The van der Waals surface area contributed by atoms with Crippen molar-refractivity contribution in [2.24, 2.45) is 0 Å². The first-order chi connectivity index (χ1) is 12.6. The molecule has 6 nitrogen and oxygen atoms in total. The van der Waals surface area contributed by atoms with Crippen molar-refractivity contribution in [3.8, 4) is 11.4 Å². The van der Waals surface area contributed by atoms with Gasteiger partial charge in [0.15, 0.2) is 11.0 Å². The fourth-order valence-corrected chi connectivity index (χ4v) is 3.48. The Hall–Kier alpha value is -2.38. The molecular weight excluding hydrogens is 370 g/mol. The topological polar surface area (TPSA) is 72.7 Å². The lowest BCUT2D eigenvalue weighted by molar-refractivity contribution is -0.115. The van der Waals surface area contributed by atoms with Gasteiger partial charge in [0.2, 0.25) is 5.91 Å². The van der Waals surface area contributed by atoms with Crippen molar-refractivity contribution in [1.82, 2.24) is 19.7 Å². The van der Waals surface area contributed by atoms with Crippen LogP contribution in [0.1, 0.15) is 13.8 Å². The van der Waals surface area contributed by atoms with E-state index in [1.807, 2.05) is 42.7 Å². The Morgan fingerprint density at radius 3 is 2.65 bits per heavy atom. The molecule has 0 aliphatic heterocycles. The van der Waals surface area contributed by atoms with Crippen molar-refractivity contribution in [2.45, 2.75) is 30.8 Å². The third-order valence-corrected chi connectivity index (χ3v) is 5.16. The van der Waals surface area contributed by atoms with Crippen LogP contribution in [0.4, 0.5) is 5.69 Å². The quantitative estimate of drug-likeness (QED) is 0.643. The summed E-state index contributed by atoms with van der Waals surface area (Å²) in [6.07, 6.45) is 3.44. The summed E-state index contributed by atoms with van der Waals surface area (Å²) in [5.41, 5.74) is 1.54. The van der Waals surface area contributed by atoms with Gasteiger partial charge in [0.05, 0.1) is 16.0 Å². The average molecular weight is 388 g/mol. The van der Waals surface area contributed by atoms with E-state index in [0.29, 0.717) is 22.4 Å². The van der Waals surface area contributed by atoms with Crippen LogP contribution >= 0.6 is 23.4 Å². The number of anilines is 1. The van der Waals surface area contributed by atoms with Crippen LogP contribution in [0.5, 0.6) is 0 Å². The molecule has 1 aromatic carbocycles. The summed E-state index contributed by atoms with van der Waals surface area (Å²) < 4.78 is 1.99. The van der Waals surface area contributed by atoms with Crippen LogP contribution in [0, 0.1) is 0 Å². The first-order valence-electron chi connectivity index (χ1n) is 8.15. The number of aromatic nitrogens is 4. The highest BCUT2D eigenvalue weighted by Gasteiger charge is 2.20. The average Bonchev–Trinajstić information content (AvgIpc) is 3.06. The van der Waals surface area contributed by atoms with Crippen LogP contribution in [0.15, 0.2) is 53.9 Å². The van der Waals surface area contributed by atoms with E-state index in [4.69, 9.17) is 11.6 Å². The molecule has 0 radical (unpaired) electrons. The lowest BCUT2D eigenvalue weighted by atomic mass is 10.2. The number of hydrogen-bond acceptors (Lipinski definition) is 5. The molecule has 1 unspecified atom stereocenters. The molecule has 0 bridgehead atoms. The second-order valence-electron chi connectivity index (χ2n) is 5.52. The third-order valence-electron chi connectivity index (χ3n) is 3.75. The number of amides is 1. The van der Waals surface area contributed by atoms with Crippen molar-refractivity contribution in [3.63, 3.8) is 0 Å². The molecule has 8 heteroatoms. The molecule has 3 aromatic rings. The van der Waals surface area contributed by atoms with Crippen molar-refractivity contribution < 1.29 is 4.79 Å². The molecule has 0 saturated heterocycles. The summed E-state index contributed by atoms with van der Waals surface area (Å²) >= 11 is 7.46. The van der Waals surface area contributed by atoms with Gasteiger partial charge in [-0.2, -0.15) is 0 Å². The van der Waals surface area contributed by atoms with E-state index in [2.05, 4.69) is 20.5 Å². The summed E-state index contributed by atoms with van der Waals surface area (Å²) in [6.45, 7) is 4.55. The lowest BCUT2D eigenvalue weighted by Gasteiger charge is -2.13. The Morgan fingerprint density at radius 2 is 1.96 bits per heavy atom. The van der Waals surface area contributed by atoms with Crippen LogP contribution < -0.4 is 5.32 Å². The number of carbonyl (C=O) groups excluding carboxylic acids is 1. The minimum atomic E-state index is -0.355. The van der Waals surface area contributed by atoms with Gasteiger partial charge in [0, 0.05) is 24.5 Å². The number of pyridine rings is 1. The zero-order valence-corrected chi connectivity index (χ0v) is 16.0. The van der Waals surface area contributed by atoms with Gasteiger partial charge in [-0.15, -0.1) is 10.2 Å². The maximum absolute atomic E-state index is 12.5. The Balaban J connectivity index is 1.75. The zero-order chi connectivity index (χ0) is 18.5. The van der Waals surface area contributed by atoms with Crippen LogP contribution in [0.2, 0.25) is 5.02 Å². The summed E-state index contributed by atoms with van der Waals surface area (Å²) in [5.74, 6) is 0.621. The van der Waals surface area contributed by atoms with E-state index >= 15 is 0 Å². The Labute approximate surface area is 161 Å². The number of carbonyl (C=O) groups is 1. The summed E-state index contributed by atoms with van der Waals surface area (Å²) in [5, 5.41) is 12.2. The normalized spacial score (nSPS) is 12.0. The second-order valence-corrected chi connectivity index (χ2v) is 7.23. The molecule has 1 amide bonds. The van der Waals surface area contributed by atoms with E-state index in [0.717, 1.165) is 11.4 Å². The lowest BCUT2D eigenvalue weighted by Crippen LogP contribution is -2.23. The minimum Gasteiger partial charge on any atom is -0.324 e. The maximum Gasteiger partial charge on any atom is 0.237 e. The van der Waals surface area contributed by atoms with Gasteiger partial charge in [-0.1, -0.05) is 35.5 Å². The number of halogens is 1. The van der Waals surface area contributed by atoms with Crippen LogP contribution in [0.3, 0.4) is 0 Å². The Bertz CT molecular complexity index is 900. The second kappa shape index (κ2) is 8.33. The predicted molar refractivity (Wildman–Crippen MR) is 104 cm³/mol. The van der Waals surface area contributed by atoms with Gasteiger partial charge in [-0.3, -0.25) is 9.78 Å². The molecule has 26 heavy (non-hydrogen) atoms. The molecular formula is C18H18ClN5OS. The van der Waals surface area contributed by atoms with Gasteiger partial charge in [-0.05, 0) is 38.1 Å². The predicted octanol–water partition coefficient (Wildman–Crippen LogP) is 4.13. The van der Waals surface area contributed by atoms with Crippen molar-refractivity contribution in [2.75, 3.05) is 5.32 Å². The largest absolute Gasteiger partial charge is 0.324 e. The van der Waals surface area contributed by atoms with Gasteiger partial charge in [0.1, 0.15) is 0 Å². The number of thioether (sulfide) groups is 1. The number of para-hydroxylation sites is 1. The van der Waals surface area contributed by atoms with Gasteiger partial charge in [0.25, 0.3) is 0 Å². The van der Waals surface area contributed by atoms with E-state index in [1.165, 1.54) is 11.8 Å².